The molecule has 2 aliphatic heterocycles. The predicted molar refractivity (Wildman–Crippen MR) is 115 cm³/mol. The van der Waals surface area contributed by atoms with Crippen molar-refractivity contribution in [3.8, 4) is 0 Å². The third-order valence-electron chi connectivity index (χ3n) is 5.87. The fourth-order valence-electron chi connectivity index (χ4n) is 4.27. The molecule has 1 fully saturated rings. The van der Waals surface area contributed by atoms with E-state index < -0.39 is 10.0 Å². The van der Waals surface area contributed by atoms with E-state index in [1.165, 1.54) is 9.87 Å². The van der Waals surface area contributed by atoms with Crippen LogP contribution in [0.5, 0.6) is 0 Å². The molecule has 5 nitrogen and oxygen atoms in total. The minimum Gasteiger partial charge on any atom is -0.312 e. The van der Waals surface area contributed by atoms with Crippen LogP contribution in [0.2, 0.25) is 5.02 Å². The zero-order valence-corrected chi connectivity index (χ0v) is 17.8. The second-order valence-electron chi connectivity index (χ2n) is 7.74. The van der Waals surface area contributed by atoms with Gasteiger partial charge in [-0.25, -0.2) is 12.7 Å². The summed E-state index contributed by atoms with van der Waals surface area (Å²) in [5.41, 5.74) is 2.83. The molecule has 2 aliphatic rings. The highest BCUT2D eigenvalue weighted by atomic mass is 35.5. The van der Waals surface area contributed by atoms with Crippen molar-refractivity contribution in [1.82, 2.24) is 4.31 Å². The molecule has 1 amide bonds. The second kappa shape index (κ2) is 8.46. The SMILES string of the molecule is O=C(C1CCN(S(=O)(=O)Cc2ccccc2Cl)CC1)N1CCCc2ccccc21. The number of rotatable bonds is 4. The smallest absolute Gasteiger partial charge is 0.230 e. The highest BCUT2D eigenvalue weighted by Gasteiger charge is 2.34. The van der Waals surface area contributed by atoms with Gasteiger partial charge in [0, 0.05) is 36.3 Å². The Hall–Kier alpha value is -1.89. The lowest BCUT2D eigenvalue weighted by Gasteiger charge is -2.36. The zero-order valence-electron chi connectivity index (χ0n) is 16.3. The fraction of sp³-hybridized carbons (Fsp3) is 0.409. The van der Waals surface area contributed by atoms with Crippen molar-refractivity contribution in [2.75, 3.05) is 24.5 Å². The van der Waals surface area contributed by atoms with E-state index in [0.717, 1.165) is 25.1 Å². The third kappa shape index (κ3) is 4.34. The van der Waals surface area contributed by atoms with Crippen LogP contribution in [0.1, 0.15) is 30.4 Å². The molecular formula is C22H25ClN2O3S. The fourth-order valence-corrected chi connectivity index (χ4v) is 6.14. The quantitative estimate of drug-likeness (QED) is 0.737. The van der Waals surface area contributed by atoms with Crippen molar-refractivity contribution in [3.63, 3.8) is 0 Å². The van der Waals surface area contributed by atoms with Crippen LogP contribution in [-0.4, -0.2) is 38.3 Å². The van der Waals surface area contributed by atoms with Gasteiger partial charge in [-0.05, 0) is 48.9 Å². The largest absolute Gasteiger partial charge is 0.312 e. The minimum absolute atomic E-state index is 0.106. The summed E-state index contributed by atoms with van der Waals surface area (Å²) in [6, 6.07) is 15.1. The Bertz CT molecular complexity index is 1000. The molecular weight excluding hydrogens is 408 g/mol. The summed E-state index contributed by atoms with van der Waals surface area (Å²) in [6.45, 7) is 1.48. The van der Waals surface area contributed by atoms with Crippen molar-refractivity contribution >= 4 is 33.2 Å². The Morgan fingerprint density at radius 2 is 1.69 bits per heavy atom. The van der Waals surface area contributed by atoms with Gasteiger partial charge in [-0.15, -0.1) is 0 Å². The van der Waals surface area contributed by atoms with E-state index in [1.54, 1.807) is 24.3 Å². The van der Waals surface area contributed by atoms with Crippen LogP contribution < -0.4 is 4.90 Å². The first-order chi connectivity index (χ1) is 14.0. The van der Waals surface area contributed by atoms with Crippen LogP contribution in [-0.2, 0) is 27.0 Å². The highest BCUT2D eigenvalue weighted by molar-refractivity contribution is 7.88. The maximum atomic E-state index is 13.1. The maximum absolute atomic E-state index is 13.1. The Morgan fingerprint density at radius 3 is 2.45 bits per heavy atom. The van der Waals surface area contributed by atoms with E-state index in [-0.39, 0.29) is 17.6 Å². The average Bonchev–Trinajstić information content (AvgIpc) is 2.74. The first-order valence-electron chi connectivity index (χ1n) is 10.1. The summed E-state index contributed by atoms with van der Waals surface area (Å²) in [7, 11) is -3.46. The average molecular weight is 433 g/mol. The molecule has 0 atom stereocenters. The monoisotopic (exact) mass is 432 g/mol. The van der Waals surface area contributed by atoms with Crippen molar-refractivity contribution in [2.24, 2.45) is 5.92 Å². The second-order valence-corrected chi connectivity index (χ2v) is 10.1. The number of anilines is 1. The van der Waals surface area contributed by atoms with E-state index in [4.69, 9.17) is 11.6 Å². The van der Waals surface area contributed by atoms with Gasteiger partial charge in [0.15, 0.2) is 0 Å². The Balaban J connectivity index is 1.41. The number of piperidine rings is 1. The Kier molecular flexibility index (Phi) is 5.95. The van der Waals surface area contributed by atoms with Crippen LogP contribution >= 0.6 is 11.6 Å². The van der Waals surface area contributed by atoms with E-state index in [1.807, 2.05) is 23.1 Å². The van der Waals surface area contributed by atoms with Crippen molar-refractivity contribution in [3.05, 3.63) is 64.7 Å². The molecule has 0 unspecified atom stereocenters. The number of amides is 1. The topological polar surface area (TPSA) is 57.7 Å². The van der Waals surface area contributed by atoms with Gasteiger partial charge in [-0.2, -0.15) is 0 Å². The molecule has 2 aromatic carbocycles. The van der Waals surface area contributed by atoms with Gasteiger partial charge in [0.1, 0.15) is 0 Å². The Morgan fingerprint density at radius 1 is 1.00 bits per heavy atom. The molecule has 0 bridgehead atoms. The number of nitrogens with zero attached hydrogens (tertiary/aromatic N) is 2. The molecule has 2 aromatic rings. The molecule has 0 spiro atoms. The van der Waals surface area contributed by atoms with E-state index in [9.17, 15) is 13.2 Å². The number of aryl methyl sites for hydroxylation is 1. The van der Waals surface area contributed by atoms with Gasteiger partial charge in [-0.3, -0.25) is 4.79 Å². The molecule has 154 valence electrons. The molecule has 2 heterocycles. The predicted octanol–water partition coefficient (Wildman–Crippen LogP) is 3.86. The molecule has 7 heteroatoms. The van der Waals surface area contributed by atoms with Crippen molar-refractivity contribution in [1.29, 1.82) is 0 Å². The summed E-state index contributed by atoms with van der Waals surface area (Å²) in [5.74, 6) is -0.113. The number of hydrogen-bond donors (Lipinski definition) is 0. The van der Waals surface area contributed by atoms with Crippen molar-refractivity contribution < 1.29 is 13.2 Å². The Labute approximate surface area is 177 Å². The van der Waals surface area contributed by atoms with Crippen molar-refractivity contribution in [2.45, 2.75) is 31.4 Å². The van der Waals surface area contributed by atoms with Crippen LogP contribution in [0.3, 0.4) is 0 Å². The normalized spacial score (nSPS) is 18.4. The van der Waals surface area contributed by atoms with Crippen LogP contribution in [0, 0.1) is 5.92 Å². The lowest BCUT2D eigenvalue weighted by molar-refractivity contribution is -0.123. The van der Waals surface area contributed by atoms with Gasteiger partial charge in [0.25, 0.3) is 0 Å². The molecule has 0 saturated carbocycles. The van der Waals surface area contributed by atoms with Crippen LogP contribution in [0.15, 0.2) is 48.5 Å². The van der Waals surface area contributed by atoms with Gasteiger partial charge in [-0.1, -0.05) is 48.0 Å². The third-order valence-corrected chi connectivity index (χ3v) is 8.07. The molecule has 0 radical (unpaired) electrons. The summed E-state index contributed by atoms with van der Waals surface area (Å²) >= 11 is 6.13. The van der Waals surface area contributed by atoms with E-state index >= 15 is 0 Å². The molecule has 0 aromatic heterocycles. The number of carbonyl (C=O) groups excluding carboxylic acids is 1. The van der Waals surface area contributed by atoms with Crippen LogP contribution in [0.25, 0.3) is 0 Å². The van der Waals surface area contributed by atoms with E-state index in [0.29, 0.717) is 36.5 Å². The number of halogens is 1. The molecule has 0 aliphatic carbocycles. The molecule has 4 rings (SSSR count). The number of fused-ring (bicyclic) bond motifs is 1. The number of para-hydroxylation sites is 1. The van der Waals surface area contributed by atoms with Gasteiger partial charge in [0.2, 0.25) is 15.9 Å². The maximum Gasteiger partial charge on any atom is 0.230 e. The van der Waals surface area contributed by atoms with E-state index in [2.05, 4.69) is 6.07 Å². The lowest BCUT2D eigenvalue weighted by Crippen LogP contribution is -2.46. The molecule has 1 saturated heterocycles. The number of sulfonamides is 1. The highest BCUT2D eigenvalue weighted by Crippen LogP contribution is 2.31. The summed E-state index contributed by atoms with van der Waals surface area (Å²) in [5, 5.41) is 0.463. The standard InChI is InChI=1S/C22H25ClN2O3S/c23-20-9-3-1-7-19(20)16-29(27,28)24-14-11-18(12-15-24)22(26)25-13-5-8-17-6-2-4-10-21(17)25/h1-4,6-7,9-10,18H,5,8,11-16H2. The number of carbonyl (C=O) groups is 1. The molecule has 0 N–H and O–H groups in total. The van der Waals surface area contributed by atoms with Crippen LogP contribution in [0.4, 0.5) is 5.69 Å². The van der Waals surface area contributed by atoms with Gasteiger partial charge < -0.3 is 4.90 Å². The summed E-state index contributed by atoms with van der Waals surface area (Å²) < 4.78 is 27.1. The number of benzene rings is 2. The first-order valence-corrected chi connectivity index (χ1v) is 12.0. The summed E-state index contributed by atoms with van der Waals surface area (Å²) in [4.78, 5) is 15.0. The lowest BCUT2D eigenvalue weighted by atomic mass is 9.94. The van der Waals surface area contributed by atoms with Gasteiger partial charge >= 0.3 is 0 Å². The zero-order chi connectivity index (χ0) is 20.4. The minimum atomic E-state index is -3.46. The summed E-state index contributed by atoms with van der Waals surface area (Å²) in [6.07, 6.45) is 3.07. The number of hydrogen-bond acceptors (Lipinski definition) is 3. The molecule has 29 heavy (non-hydrogen) atoms. The van der Waals surface area contributed by atoms with Gasteiger partial charge in [0.05, 0.1) is 5.75 Å². The first kappa shape index (κ1) is 20.4.